The molecule has 0 atom stereocenters. The van der Waals surface area contributed by atoms with Crippen LogP contribution < -0.4 is 65.3 Å². The first kappa shape index (κ1) is 34.7. The molecule has 40 heavy (non-hydrogen) atoms. The summed E-state index contributed by atoms with van der Waals surface area (Å²) in [5.41, 5.74) is 3.56. The van der Waals surface area contributed by atoms with Crippen LogP contribution in [0.1, 0.15) is 49.9 Å². The Hall–Kier alpha value is 0.226. The second-order valence-electron chi connectivity index (χ2n) is 10.1. The quantitative estimate of drug-likeness (QED) is 0.138. The van der Waals surface area contributed by atoms with Crippen LogP contribution >= 0.6 is 71.5 Å². The molecule has 4 aromatic rings. The molecule has 0 bridgehead atoms. The number of benzene rings is 4. The summed E-state index contributed by atoms with van der Waals surface area (Å²) in [6.07, 6.45) is 0. The Kier molecular flexibility index (Phi) is 12.1. The van der Waals surface area contributed by atoms with Gasteiger partial charge in [-0.1, -0.05) is 88.4 Å². The molecule has 0 spiro atoms. The Morgan fingerprint density at radius 3 is 1.12 bits per heavy atom. The van der Waals surface area contributed by atoms with Gasteiger partial charge in [0, 0.05) is 10.8 Å². The van der Waals surface area contributed by atoms with Gasteiger partial charge in [-0.15, -0.1) is 0 Å². The Morgan fingerprint density at radius 1 is 0.575 bits per heavy atom. The molecular weight excluding hydrogens is 814 g/mol. The minimum absolute atomic E-state index is 0. The molecule has 4 rings (SSSR count). The summed E-state index contributed by atoms with van der Waals surface area (Å²) in [5, 5.41) is 0. The molecule has 0 aromatic heterocycles. The van der Waals surface area contributed by atoms with Crippen LogP contribution in [-0.2, 0) is 15.4 Å². The molecule has 0 heterocycles. The van der Waals surface area contributed by atoms with Gasteiger partial charge in [-0.3, -0.25) is 0 Å². The normalized spacial score (nSPS) is 12.0. The van der Waals surface area contributed by atoms with Crippen molar-refractivity contribution in [3.63, 3.8) is 0 Å². The monoisotopic (exact) mass is 836 g/mol. The number of rotatable bonds is 8. The first-order chi connectivity index (χ1) is 18.2. The van der Waals surface area contributed by atoms with Crippen molar-refractivity contribution in [2.75, 3.05) is 0 Å². The van der Waals surface area contributed by atoms with E-state index in [1.165, 1.54) is 0 Å². The van der Waals surface area contributed by atoms with Gasteiger partial charge in [-0.2, -0.15) is 0 Å². The van der Waals surface area contributed by atoms with Gasteiger partial charge in [0.15, 0.2) is 11.5 Å². The van der Waals surface area contributed by atoms with Crippen LogP contribution in [0, 0.1) is 0 Å². The van der Waals surface area contributed by atoms with Crippen molar-refractivity contribution in [3.05, 3.63) is 125 Å². The Labute approximate surface area is 312 Å². The number of hydrogen-bond donors (Lipinski definition) is 0. The molecule has 4 nitrogen and oxygen atoms in total. The van der Waals surface area contributed by atoms with E-state index in [1.54, 1.807) is 0 Å². The molecule has 0 aliphatic heterocycles. The zero-order valence-electron chi connectivity index (χ0n) is 22.7. The van der Waals surface area contributed by atoms with Crippen LogP contribution in [0.2, 0.25) is 0 Å². The summed E-state index contributed by atoms with van der Waals surface area (Å²) in [5.74, 6) is 0.213. The van der Waals surface area contributed by atoms with Gasteiger partial charge in [0.1, 0.15) is 0 Å². The van der Waals surface area contributed by atoms with Crippen LogP contribution in [0.5, 0.6) is 11.5 Å². The van der Waals surface area contributed by atoms with Gasteiger partial charge in [0.2, 0.25) is 0 Å². The summed E-state index contributed by atoms with van der Waals surface area (Å²) in [7, 11) is -4.84. The average molecular weight is 840 g/mol. The fourth-order valence-electron chi connectivity index (χ4n) is 4.30. The van der Waals surface area contributed by atoms with Gasteiger partial charge in [0.25, 0.3) is 0 Å². The van der Waals surface area contributed by atoms with Crippen molar-refractivity contribution in [1.82, 2.24) is 0 Å². The molecule has 10 heteroatoms. The van der Waals surface area contributed by atoms with Crippen LogP contribution in [0.3, 0.4) is 0 Å². The van der Waals surface area contributed by atoms with E-state index < -0.39 is 7.82 Å². The molecule has 0 fully saturated rings. The molecule has 0 saturated carbocycles. The molecule has 0 saturated heterocycles. The number of hydrogen-bond acceptors (Lipinski definition) is 4. The minimum atomic E-state index is -4.84. The van der Waals surface area contributed by atoms with Crippen LogP contribution in [0.15, 0.2) is 103 Å². The first-order valence-electron chi connectivity index (χ1n) is 12.0. The zero-order valence-corrected chi connectivity index (χ0v) is 33.0. The van der Waals surface area contributed by atoms with Crippen molar-refractivity contribution in [3.8, 4) is 11.5 Å². The third-order valence-electron chi connectivity index (χ3n) is 6.84. The van der Waals surface area contributed by atoms with Crippen LogP contribution in [-0.4, -0.2) is 0 Å². The van der Waals surface area contributed by atoms with E-state index in [9.17, 15) is 9.46 Å². The molecule has 0 radical (unpaired) electrons. The topological polar surface area (TPSA) is 58.6 Å². The zero-order chi connectivity index (χ0) is 28.6. The Bertz CT molecular complexity index is 1390. The molecule has 0 amide bonds. The maximum Gasteiger partial charge on any atom is 1.00 e. The van der Waals surface area contributed by atoms with E-state index in [2.05, 4.69) is 116 Å². The maximum absolute atomic E-state index is 13.1. The van der Waals surface area contributed by atoms with Crippen LogP contribution in [0.25, 0.3) is 0 Å². The maximum atomic E-state index is 13.1. The van der Waals surface area contributed by atoms with Crippen molar-refractivity contribution >= 4 is 71.5 Å². The van der Waals surface area contributed by atoms with E-state index in [4.69, 9.17) is 9.05 Å². The largest absolute Gasteiger partial charge is 1.00 e. The minimum Gasteiger partial charge on any atom is -0.736 e. The molecule has 204 valence electrons. The Balaban J connectivity index is 0.00000441. The number of halogens is 4. The fraction of sp³-hybridized carbons (Fsp3) is 0.200. The van der Waals surface area contributed by atoms with Gasteiger partial charge >= 0.3 is 59.2 Å². The molecule has 4 aromatic carbocycles. The summed E-state index contributed by atoms with van der Waals surface area (Å²) in [6, 6.07) is 27.6. The predicted molar refractivity (Wildman–Crippen MR) is 170 cm³/mol. The van der Waals surface area contributed by atoms with Gasteiger partial charge in [0.05, 0.1) is 17.9 Å². The average Bonchev–Trinajstić information content (AvgIpc) is 2.89. The molecule has 0 N–H and O–H groups in total. The molecule has 0 aliphatic carbocycles. The SMILES string of the molecule is CC(C)(c1ccccc1)c1cc(Br)c(OP(=O)([O-])Oc2c(Br)cc(C(C)(C)c3ccccc3)cc2Br)c(Br)c1.[K+]. The first-order valence-corrected chi connectivity index (χ1v) is 16.7. The Morgan fingerprint density at radius 2 is 0.850 bits per heavy atom. The van der Waals surface area contributed by atoms with E-state index in [0.29, 0.717) is 17.9 Å². The molecular formula is C30H26Br4KO4P. The smallest absolute Gasteiger partial charge is 0.736 e. The van der Waals surface area contributed by atoms with E-state index in [0.717, 1.165) is 22.3 Å². The summed E-state index contributed by atoms with van der Waals surface area (Å²) >= 11 is 14.0. The van der Waals surface area contributed by atoms with Gasteiger partial charge < -0.3 is 13.9 Å². The summed E-state index contributed by atoms with van der Waals surface area (Å²) in [6.45, 7) is 8.43. The predicted octanol–water partition coefficient (Wildman–Crippen LogP) is 7.32. The second kappa shape index (κ2) is 13.9. The van der Waals surface area contributed by atoms with Crippen molar-refractivity contribution in [1.29, 1.82) is 0 Å². The fourth-order valence-corrected chi connectivity index (χ4v) is 8.38. The van der Waals surface area contributed by atoms with Crippen molar-refractivity contribution in [2.24, 2.45) is 0 Å². The summed E-state index contributed by atoms with van der Waals surface area (Å²) in [4.78, 5) is 13.1. The molecule has 0 aliphatic rings. The second-order valence-corrected chi connectivity index (χ2v) is 14.8. The van der Waals surface area contributed by atoms with Crippen molar-refractivity contribution in [2.45, 2.75) is 38.5 Å². The molecule has 0 unspecified atom stereocenters. The van der Waals surface area contributed by atoms with Crippen molar-refractivity contribution < 1.29 is 69.9 Å². The van der Waals surface area contributed by atoms with Gasteiger partial charge in [-0.05, 0) is 110 Å². The third-order valence-corrected chi connectivity index (χ3v) is 10.0. The number of phosphoric ester groups is 1. The van der Waals surface area contributed by atoms with E-state index in [1.807, 2.05) is 60.7 Å². The standard InChI is InChI=1S/C30H27Br4O4P.K/c1-29(2,19-11-7-5-8-12-19)21-15-23(31)27(24(32)16-21)37-39(35,36)38-28-25(33)17-22(18-26(28)34)30(3,4)20-13-9-6-10-14-20;/h5-18H,1-4H3,(H,35,36);/q;+1/p-1. The van der Waals surface area contributed by atoms with Gasteiger partial charge in [-0.25, -0.2) is 4.57 Å². The number of phosphoric acid groups is 1. The van der Waals surface area contributed by atoms with Crippen LogP contribution in [0.4, 0.5) is 0 Å². The van der Waals surface area contributed by atoms with E-state index >= 15 is 0 Å². The van der Waals surface area contributed by atoms with E-state index in [-0.39, 0.29) is 73.7 Å². The summed E-state index contributed by atoms with van der Waals surface area (Å²) < 4.78 is 25.9. The third kappa shape index (κ3) is 7.84.